The molecule has 0 bridgehead atoms. The summed E-state index contributed by atoms with van der Waals surface area (Å²) >= 11 is 1.50. The van der Waals surface area contributed by atoms with E-state index < -0.39 is 0 Å². The highest BCUT2D eigenvalue weighted by Gasteiger charge is 2.22. The normalized spacial score (nSPS) is 14.6. The monoisotopic (exact) mass is 515 g/mol. The average molecular weight is 515 g/mol. The first kappa shape index (κ1) is 22.7. The summed E-state index contributed by atoms with van der Waals surface area (Å²) in [7, 11) is 5.97. The molecule has 0 radical (unpaired) electrons. The number of aryl methyl sites for hydroxylation is 1. The topological polar surface area (TPSA) is 59.9 Å². The van der Waals surface area contributed by atoms with Gasteiger partial charge in [-0.1, -0.05) is 19.1 Å². The van der Waals surface area contributed by atoms with Crippen LogP contribution in [-0.4, -0.2) is 67.5 Å². The minimum Gasteiger partial charge on any atom is -0.378 e. The number of halogens is 1. The lowest BCUT2D eigenvalue weighted by atomic mass is 10.2. The predicted molar refractivity (Wildman–Crippen MR) is 129 cm³/mol. The van der Waals surface area contributed by atoms with E-state index in [1.165, 1.54) is 22.8 Å². The molecule has 1 aromatic carbocycles. The van der Waals surface area contributed by atoms with Crippen LogP contribution in [0.15, 0.2) is 29.3 Å². The van der Waals surface area contributed by atoms with Crippen LogP contribution in [0.3, 0.4) is 0 Å². The van der Waals surface area contributed by atoms with E-state index in [0.29, 0.717) is 0 Å². The molecule has 2 heterocycles. The number of guanidine groups is 1. The molecule has 154 valence electrons. The number of hydrogen-bond donors (Lipinski definition) is 1. The van der Waals surface area contributed by atoms with Crippen molar-refractivity contribution in [3.63, 3.8) is 0 Å². The largest absolute Gasteiger partial charge is 0.378 e. The molecule has 1 aromatic heterocycles. The molecule has 28 heavy (non-hydrogen) atoms. The molecule has 0 unspecified atom stereocenters. The van der Waals surface area contributed by atoms with E-state index in [-0.39, 0.29) is 24.0 Å². The summed E-state index contributed by atoms with van der Waals surface area (Å²) in [6.07, 6.45) is 0.891. The van der Waals surface area contributed by atoms with Crippen LogP contribution in [0.25, 0.3) is 0 Å². The van der Waals surface area contributed by atoms with Gasteiger partial charge in [0.1, 0.15) is 5.82 Å². The zero-order valence-electron chi connectivity index (χ0n) is 17.1. The van der Waals surface area contributed by atoms with Crippen LogP contribution in [0.5, 0.6) is 0 Å². The average Bonchev–Trinajstić information content (AvgIpc) is 3.18. The lowest BCUT2D eigenvalue weighted by Gasteiger charge is -2.36. The van der Waals surface area contributed by atoms with Gasteiger partial charge in [-0.25, -0.2) is 4.98 Å². The summed E-state index contributed by atoms with van der Waals surface area (Å²) < 4.78 is 4.40. The molecule has 0 saturated carbocycles. The Labute approximate surface area is 189 Å². The fraction of sp³-hybridized carbons (Fsp3) is 0.526. The Kier molecular flexibility index (Phi) is 8.74. The molecular weight excluding hydrogens is 485 g/mol. The molecule has 1 N–H and O–H groups in total. The van der Waals surface area contributed by atoms with Crippen LogP contribution in [0.4, 0.5) is 10.8 Å². The van der Waals surface area contributed by atoms with Gasteiger partial charge in [0.05, 0.1) is 0 Å². The highest BCUT2D eigenvalue weighted by Crippen LogP contribution is 2.19. The minimum atomic E-state index is 0. The number of nitrogens with one attached hydrogen (secondary N) is 1. The van der Waals surface area contributed by atoms with Gasteiger partial charge in [-0.15, -0.1) is 24.0 Å². The van der Waals surface area contributed by atoms with Crippen molar-refractivity contribution in [3.8, 4) is 0 Å². The van der Waals surface area contributed by atoms with Crippen LogP contribution in [-0.2, 0) is 13.0 Å². The fourth-order valence-electron chi connectivity index (χ4n) is 3.08. The van der Waals surface area contributed by atoms with Crippen molar-refractivity contribution in [2.75, 3.05) is 57.1 Å². The molecule has 0 aliphatic carbocycles. The van der Waals surface area contributed by atoms with Crippen LogP contribution >= 0.6 is 35.5 Å². The standard InChI is InChI=1S/C19H29N7S.HI/c1-5-17-22-19(27-23-17)26-11-9-25(10-12-26)18(20-2)21-14-15-7-6-8-16(13-15)24(3)4;/h6-8,13H,5,9-12,14H2,1-4H3,(H,20,21);1H. The summed E-state index contributed by atoms with van der Waals surface area (Å²) in [5.74, 6) is 1.89. The van der Waals surface area contributed by atoms with E-state index in [9.17, 15) is 0 Å². The molecule has 3 rings (SSSR count). The molecular formula is C19H30IN7S. The van der Waals surface area contributed by atoms with E-state index in [2.05, 4.69) is 79.7 Å². The van der Waals surface area contributed by atoms with Crippen molar-refractivity contribution in [1.29, 1.82) is 0 Å². The Morgan fingerprint density at radius 3 is 2.61 bits per heavy atom. The summed E-state index contributed by atoms with van der Waals surface area (Å²) in [5.41, 5.74) is 2.46. The second-order valence-electron chi connectivity index (χ2n) is 6.79. The SMILES string of the molecule is CCc1nsc(N2CCN(C(=NC)NCc3cccc(N(C)C)c3)CC2)n1.I. The van der Waals surface area contributed by atoms with Crippen molar-refractivity contribution >= 4 is 52.3 Å². The van der Waals surface area contributed by atoms with Gasteiger partial charge in [-0.2, -0.15) is 4.37 Å². The second kappa shape index (κ2) is 10.8. The van der Waals surface area contributed by atoms with E-state index in [1.54, 1.807) is 0 Å². The van der Waals surface area contributed by atoms with E-state index in [0.717, 1.165) is 56.1 Å². The quantitative estimate of drug-likeness (QED) is 0.376. The van der Waals surface area contributed by atoms with Crippen molar-refractivity contribution in [2.45, 2.75) is 19.9 Å². The number of rotatable bonds is 5. The Morgan fingerprint density at radius 1 is 1.25 bits per heavy atom. The van der Waals surface area contributed by atoms with Gasteiger partial charge in [0.25, 0.3) is 0 Å². The highest BCUT2D eigenvalue weighted by molar-refractivity contribution is 14.0. The van der Waals surface area contributed by atoms with Crippen LogP contribution in [0.2, 0.25) is 0 Å². The maximum atomic E-state index is 4.61. The maximum Gasteiger partial charge on any atom is 0.205 e. The molecule has 7 nitrogen and oxygen atoms in total. The minimum absolute atomic E-state index is 0. The number of aliphatic imine (C=N–C) groups is 1. The summed E-state index contributed by atoms with van der Waals surface area (Å²) in [6, 6.07) is 8.57. The van der Waals surface area contributed by atoms with Crippen molar-refractivity contribution in [3.05, 3.63) is 35.7 Å². The molecule has 9 heteroatoms. The molecule has 1 fully saturated rings. The van der Waals surface area contributed by atoms with Gasteiger partial charge in [-0.3, -0.25) is 4.99 Å². The molecule has 0 atom stereocenters. The number of hydrogen-bond acceptors (Lipinski definition) is 6. The third-order valence-corrected chi connectivity index (χ3v) is 5.53. The third-order valence-electron chi connectivity index (χ3n) is 4.71. The Bertz CT molecular complexity index is 769. The highest BCUT2D eigenvalue weighted by atomic mass is 127. The van der Waals surface area contributed by atoms with Crippen molar-refractivity contribution in [1.82, 2.24) is 19.6 Å². The smallest absolute Gasteiger partial charge is 0.205 e. The maximum absolute atomic E-state index is 4.61. The number of anilines is 2. The first-order valence-corrected chi connectivity index (χ1v) is 10.2. The van der Waals surface area contributed by atoms with Crippen molar-refractivity contribution in [2.24, 2.45) is 4.99 Å². The Hall–Kier alpha value is -1.62. The van der Waals surface area contributed by atoms with Crippen LogP contribution < -0.4 is 15.1 Å². The zero-order valence-corrected chi connectivity index (χ0v) is 20.2. The van der Waals surface area contributed by atoms with Gasteiger partial charge in [0.15, 0.2) is 5.96 Å². The van der Waals surface area contributed by atoms with Gasteiger partial charge in [0.2, 0.25) is 5.13 Å². The molecule has 1 aliphatic heterocycles. The summed E-state index contributed by atoms with van der Waals surface area (Å²) in [5, 5.41) is 4.54. The molecule has 0 amide bonds. The number of piperazine rings is 1. The molecule has 0 spiro atoms. The second-order valence-corrected chi connectivity index (χ2v) is 7.52. The number of benzene rings is 1. The number of nitrogens with zero attached hydrogens (tertiary/aromatic N) is 6. The van der Waals surface area contributed by atoms with Gasteiger partial charge < -0.3 is 20.0 Å². The van der Waals surface area contributed by atoms with E-state index >= 15 is 0 Å². The van der Waals surface area contributed by atoms with Crippen LogP contribution in [0.1, 0.15) is 18.3 Å². The molecule has 1 aliphatic rings. The third kappa shape index (κ3) is 5.69. The van der Waals surface area contributed by atoms with E-state index in [1.807, 2.05) is 7.05 Å². The zero-order chi connectivity index (χ0) is 19.2. The molecule has 1 saturated heterocycles. The summed E-state index contributed by atoms with van der Waals surface area (Å²) in [4.78, 5) is 15.8. The summed E-state index contributed by atoms with van der Waals surface area (Å²) in [6.45, 7) is 6.60. The first-order valence-electron chi connectivity index (χ1n) is 9.40. The van der Waals surface area contributed by atoms with Gasteiger partial charge >= 0.3 is 0 Å². The van der Waals surface area contributed by atoms with Gasteiger partial charge in [0, 0.05) is 77.5 Å². The fourth-order valence-corrected chi connectivity index (χ4v) is 3.89. The van der Waals surface area contributed by atoms with E-state index in [4.69, 9.17) is 0 Å². The Balaban J connectivity index is 0.00000280. The van der Waals surface area contributed by atoms with Crippen LogP contribution in [0, 0.1) is 0 Å². The lowest BCUT2D eigenvalue weighted by molar-refractivity contribution is 0.372. The molecule has 2 aromatic rings. The Morgan fingerprint density at radius 2 is 2.00 bits per heavy atom. The van der Waals surface area contributed by atoms with Gasteiger partial charge in [-0.05, 0) is 17.7 Å². The predicted octanol–water partition coefficient (Wildman–Crippen LogP) is 2.68. The lowest BCUT2D eigenvalue weighted by Crippen LogP contribution is -2.52. The number of aromatic nitrogens is 2. The first-order chi connectivity index (χ1) is 13.1. The van der Waals surface area contributed by atoms with Crippen molar-refractivity contribution < 1.29 is 0 Å².